The van der Waals surface area contributed by atoms with Gasteiger partial charge >= 0.3 is 0 Å². The molecule has 0 unspecified atom stereocenters. The maximum Gasteiger partial charge on any atom is 0.248 e. The number of carbonyl (C=O) groups excluding carboxylic acids is 2. The maximum atomic E-state index is 13.2. The standard InChI is InChI=1S/C21H28N6O2/c1-26-13-15(10-24-26)16-11-23-12-17(16)21(29)25-18-9-14(20(22)28)5-6-19(18)27-7-3-2-4-8-27/h5-6,9-10,13,16-17,23H,2-4,7-8,11-12H2,1H3,(H2,22,28)(H,25,29)/t16-,17+/m1/s1. The number of nitrogens with zero attached hydrogens (tertiary/aromatic N) is 3. The first-order chi connectivity index (χ1) is 14.0. The lowest BCUT2D eigenvalue weighted by atomic mass is 9.90. The number of aryl methyl sites for hydroxylation is 1. The van der Waals surface area contributed by atoms with E-state index in [4.69, 9.17) is 5.73 Å². The van der Waals surface area contributed by atoms with E-state index in [9.17, 15) is 9.59 Å². The summed E-state index contributed by atoms with van der Waals surface area (Å²) in [5.41, 5.74) is 8.54. The van der Waals surface area contributed by atoms with Crippen molar-refractivity contribution in [2.24, 2.45) is 18.7 Å². The molecule has 29 heavy (non-hydrogen) atoms. The van der Waals surface area contributed by atoms with Crippen LogP contribution >= 0.6 is 0 Å². The summed E-state index contributed by atoms with van der Waals surface area (Å²) in [5, 5.41) is 10.7. The minimum Gasteiger partial charge on any atom is -0.370 e. The molecule has 2 aliphatic heterocycles. The van der Waals surface area contributed by atoms with Gasteiger partial charge in [0.25, 0.3) is 0 Å². The molecule has 1 aromatic heterocycles. The Kier molecular flexibility index (Phi) is 5.53. The SMILES string of the molecule is Cn1cc([C@H]2CNC[C@@H]2C(=O)Nc2cc(C(N)=O)ccc2N2CCCCC2)cn1. The number of piperidine rings is 1. The number of hydrogen-bond donors (Lipinski definition) is 3. The van der Waals surface area contributed by atoms with Crippen LogP contribution in [0.4, 0.5) is 11.4 Å². The Morgan fingerprint density at radius 3 is 2.69 bits per heavy atom. The molecule has 1 aromatic carbocycles. The predicted molar refractivity (Wildman–Crippen MR) is 112 cm³/mol. The number of rotatable bonds is 5. The zero-order valence-corrected chi connectivity index (χ0v) is 16.7. The third kappa shape index (κ3) is 4.12. The van der Waals surface area contributed by atoms with Crippen molar-refractivity contribution >= 4 is 23.2 Å². The van der Waals surface area contributed by atoms with Crippen molar-refractivity contribution in [3.8, 4) is 0 Å². The quantitative estimate of drug-likeness (QED) is 0.709. The summed E-state index contributed by atoms with van der Waals surface area (Å²) in [4.78, 5) is 27.2. The lowest BCUT2D eigenvalue weighted by Gasteiger charge is -2.31. The summed E-state index contributed by atoms with van der Waals surface area (Å²) in [6.07, 6.45) is 7.26. The van der Waals surface area contributed by atoms with Crippen LogP contribution in [0.1, 0.15) is 41.1 Å². The zero-order chi connectivity index (χ0) is 20.4. The molecule has 154 valence electrons. The van der Waals surface area contributed by atoms with E-state index in [0.29, 0.717) is 17.8 Å². The summed E-state index contributed by atoms with van der Waals surface area (Å²) in [6.45, 7) is 3.24. The van der Waals surface area contributed by atoms with Gasteiger partial charge in [-0.2, -0.15) is 5.10 Å². The summed E-state index contributed by atoms with van der Waals surface area (Å²) in [5.74, 6) is -0.683. The van der Waals surface area contributed by atoms with Gasteiger partial charge in [-0.05, 0) is 43.0 Å². The molecule has 2 amide bonds. The van der Waals surface area contributed by atoms with Crippen LogP contribution in [0.5, 0.6) is 0 Å². The summed E-state index contributed by atoms with van der Waals surface area (Å²) in [6, 6.07) is 5.33. The van der Waals surface area contributed by atoms with Crippen molar-refractivity contribution in [3.05, 3.63) is 41.7 Å². The number of hydrogen-bond acceptors (Lipinski definition) is 5. The molecule has 0 bridgehead atoms. The zero-order valence-electron chi connectivity index (χ0n) is 16.7. The molecule has 8 heteroatoms. The number of carbonyl (C=O) groups is 2. The second kappa shape index (κ2) is 8.24. The Hall–Kier alpha value is -2.87. The fraction of sp³-hybridized carbons (Fsp3) is 0.476. The average Bonchev–Trinajstić information content (AvgIpc) is 3.37. The van der Waals surface area contributed by atoms with Gasteiger partial charge in [-0.15, -0.1) is 0 Å². The Balaban J connectivity index is 1.59. The van der Waals surface area contributed by atoms with E-state index in [-0.39, 0.29) is 17.7 Å². The molecule has 0 spiro atoms. The molecule has 3 heterocycles. The number of amides is 2. The molecule has 0 saturated carbocycles. The highest BCUT2D eigenvalue weighted by Crippen LogP contribution is 2.33. The van der Waals surface area contributed by atoms with Crippen LogP contribution in [0, 0.1) is 5.92 Å². The number of aromatic nitrogens is 2. The van der Waals surface area contributed by atoms with Crippen LogP contribution in [-0.4, -0.2) is 47.8 Å². The minimum absolute atomic E-state index is 0.0521. The third-order valence-electron chi connectivity index (χ3n) is 5.94. The second-order valence-electron chi connectivity index (χ2n) is 7.95. The van der Waals surface area contributed by atoms with Crippen molar-refractivity contribution in [3.63, 3.8) is 0 Å². The van der Waals surface area contributed by atoms with Gasteiger partial charge in [0.1, 0.15) is 0 Å². The van der Waals surface area contributed by atoms with Gasteiger partial charge in [-0.3, -0.25) is 14.3 Å². The molecule has 4 rings (SSSR count). The minimum atomic E-state index is -0.499. The number of primary amides is 1. The topological polar surface area (TPSA) is 105 Å². The van der Waals surface area contributed by atoms with E-state index in [1.807, 2.05) is 25.5 Å². The smallest absolute Gasteiger partial charge is 0.248 e. The Morgan fingerprint density at radius 2 is 2.00 bits per heavy atom. The number of anilines is 2. The van der Waals surface area contributed by atoms with Crippen LogP contribution in [-0.2, 0) is 11.8 Å². The summed E-state index contributed by atoms with van der Waals surface area (Å²) < 4.78 is 1.76. The molecule has 2 atom stereocenters. The third-order valence-corrected chi connectivity index (χ3v) is 5.94. The van der Waals surface area contributed by atoms with Gasteiger partial charge in [0.15, 0.2) is 0 Å². The lowest BCUT2D eigenvalue weighted by Crippen LogP contribution is -2.32. The number of nitrogens with one attached hydrogen (secondary N) is 2. The van der Waals surface area contributed by atoms with E-state index < -0.39 is 5.91 Å². The van der Waals surface area contributed by atoms with E-state index >= 15 is 0 Å². The largest absolute Gasteiger partial charge is 0.370 e. The Labute approximate surface area is 170 Å². The molecule has 2 aromatic rings. The van der Waals surface area contributed by atoms with Gasteiger partial charge in [0.05, 0.1) is 23.5 Å². The van der Waals surface area contributed by atoms with Crippen LogP contribution in [0.3, 0.4) is 0 Å². The van der Waals surface area contributed by atoms with E-state index in [0.717, 1.165) is 43.7 Å². The molecular formula is C21H28N6O2. The van der Waals surface area contributed by atoms with E-state index in [1.165, 1.54) is 6.42 Å². The molecule has 2 aliphatic rings. The highest BCUT2D eigenvalue weighted by Gasteiger charge is 2.35. The fourth-order valence-electron chi connectivity index (χ4n) is 4.36. The van der Waals surface area contributed by atoms with Crippen molar-refractivity contribution in [2.45, 2.75) is 25.2 Å². The highest BCUT2D eigenvalue weighted by atomic mass is 16.2. The van der Waals surface area contributed by atoms with Crippen molar-refractivity contribution in [1.29, 1.82) is 0 Å². The summed E-state index contributed by atoms with van der Waals surface area (Å²) >= 11 is 0. The molecule has 0 radical (unpaired) electrons. The molecular weight excluding hydrogens is 368 g/mol. The van der Waals surface area contributed by atoms with Crippen LogP contribution in [0.2, 0.25) is 0 Å². The second-order valence-corrected chi connectivity index (χ2v) is 7.95. The van der Waals surface area contributed by atoms with Gasteiger partial charge in [0.2, 0.25) is 11.8 Å². The van der Waals surface area contributed by atoms with E-state index in [2.05, 4.69) is 20.6 Å². The number of benzene rings is 1. The first kappa shape index (κ1) is 19.4. The molecule has 4 N–H and O–H groups in total. The lowest BCUT2D eigenvalue weighted by molar-refractivity contribution is -0.119. The van der Waals surface area contributed by atoms with Crippen LogP contribution in [0.15, 0.2) is 30.6 Å². The van der Waals surface area contributed by atoms with Crippen molar-refractivity contribution in [1.82, 2.24) is 15.1 Å². The average molecular weight is 396 g/mol. The predicted octanol–water partition coefficient (Wildman–Crippen LogP) is 1.45. The van der Waals surface area contributed by atoms with E-state index in [1.54, 1.807) is 16.8 Å². The molecule has 0 aliphatic carbocycles. The van der Waals surface area contributed by atoms with Gasteiger partial charge in [-0.1, -0.05) is 0 Å². The number of nitrogens with two attached hydrogens (primary N) is 1. The highest BCUT2D eigenvalue weighted by molar-refractivity contribution is 6.00. The fourth-order valence-corrected chi connectivity index (χ4v) is 4.36. The van der Waals surface area contributed by atoms with Crippen molar-refractivity contribution in [2.75, 3.05) is 36.4 Å². The Bertz CT molecular complexity index is 902. The first-order valence-corrected chi connectivity index (χ1v) is 10.2. The monoisotopic (exact) mass is 396 g/mol. The molecule has 2 fully saturated rings. The van der Waals surface area contributed by atoms with Crippen LogP contribution < -0.4 is 21.3 Å². The van der Waals surface area contributed by atoms with Gasteiger partial charge in [0, 0.05) is 50.9 Å². The molecule has 2 saturated heterocycles. The maximum absolute atomic E-state index is 13.2. The van der Waals surface area contributed by atoms with Gasteiger partial charge < -0.3 is 21.3 Å². The normalized spacial score (nSPS) is 21.9. The summed E-state index contributed by atoms with van der Waals surface area (Å²) in [7, 11) is 1.88. The Morgan fingerprint density at radius 1 is 1.21 bits per heavy atom. The van der Waals surface area contributed by atoms with Crippen LogP contribution in [0.25, 0.3) is 0 Å². The first-order valence-electron chi connectivity index (χ1n) is 10.2. The molecule has 8 nitrogen and oxygen atoms in total. The van der Waals surface area contributed by atoms with Gasteiger partial charge in [-0.25, -0.2) is 0 Å². The van der Waals surface area contributed by atoms with Crippen molar-refractivity contribution < 1.29 is 9.59 Å².